The molecular formula is C17H17F2N3O3S. The molecule has 138 valence electrons. The van der Waals surface area contributed by atoms with Crippen molar-refractivity contribution < 1.29 is 23.6 Å². The van der Waals surface area contributed by atoms with Crippen molar-refractivity contribution in [2.75, 3.05) is 11.9 Å². The Morgan fingerprint density at radius 2 is 1.92 bits per heavy atom. The Hall–Kier alpha value is -2.52. The zero-order valence-electron chi connectivity index (χ0n) is 14.1. The summed E-state index contributed by atoms with van der Waals surface area (Å²) in [6.45, 7) is 4.32. The predicted octanol–water partition coefficient (Wildman–Crippen LogP) is 3.47. The fourth-order valence-electron chi connectivity index (χ4n) is 3.04. The van der Waals surface area contributed by atoms with Crippen molar-refractivity contribution in [1.82, 2.24) is 10.4 Å². The highest BCUT2D eigenvalue weighted by Gasteiger charge is 2.36. The summed E-state index contributed by atoms with van der Waals surface area (Å²) in [7, 11) is 0. The van der Waals surface area contributed by atoms with E-state index >= 15 is 0 Å². The van der Waals surface area contributed by atoms with Gasteiger partial charge in [-0.2, -0.15) is 0 Å². The number of thiophene rings is 1. The summed E-state index contributed by atoms with van der Waals surface area (Å²) in [5.41, 5.74) is 1.40. The van der Waals surface area contributed by atoms with E-state index in [0.29, 0.717) is 11.4 Å². The fraction of sp³-hybridized carbons (Fsp3) is 0.294. The molecule has 9 heteroatoms. The molecular weight excluding hydrogens is 364 g/mol. The van der Waals surface area contributed by atoms with Gasteiger partial charge < -0.3 is 10.2 Å². The second-order valence-electron chi connectivity index (χ2n) is 6.67. The predicted molar refractivity (Wildman–Crippen MR) is 92.4 cm³/mol. The first-order valence-corrected chi connectivity index (χ1v) is 8.62. The number of fused-ring (bicyclic) bond motifs is 1. The van der Waals surface area contributed by atoms with Crippen LogP contribution in [0.25, 0.3) is 0 Å². The Balaban J connectivity index is 1.86. The molecule has 0 spiro atoms. The third-order valence-electron chi connectivity index (χ3n) is 4.18. The first-order valence-electron chi connectivity index (χ1n) is 7.80. The summed E-state index contributed by atoms with van der Waals surface area (Å²) in [6.07, 6.45) is 0. The lowest BCUT2D eigenvalue weighted by molar-refractivity contribution is 0.0711. The lowest BCUT2D eigenvalue weighted by Crippen LogP contribution is -2.46. The van der Waals surface area contributed by atoms with Crippen LogP contribution in [0.4, 0.5) is 19.3 Å². The molecule has 0 fully saturated rings. The Labute approximate surface area is 152 Å². The summed E-state index contributed by atoms with van der Waals surface area (Å²) in [5.74, 6) is -2.33. The van der Waals surface area contributed by atoms with Crippen LogP contribution < -0.4 is 10.8 Å². The highest BCUT2D eigenvalue weighted by molar-refractivity contribution is 7.14. The van der Waals surface area contributed by atoms with Gasteiger partial charge in [-0.3, -0.25) is 10.0 Å². The monoisotopic (exact) mass is 381 g/mol. The third-order valence-corrected chi connectivity index (χ3v) is 5.72. The van der Waals surface area contributed by atoms with E-state index in [2.05, 4.69) is 5.32 Å². The first kappa shape index (κ1) is 18.3. The number of urea groups is 1. The van der Waals surface area contributed by atoms with Gasteiger partial charge in [0.1, 0.15) is 17.3 Å². The van der Waals surface area contributed by atoms with E-state index in [1.165, 1.54) is 22.3 Å². The van der Waals surface area contributed by atoms with E-state index in [-0.39, 0.29) is 6.54 Å². The number of nitrogens with one attached hydrogen (secondary N) is 2. The van der Waals surface area contributed by atoms with Crippen LogP contribution in [-0.4, -0.2) is 28.6 Å². The van der Waals surface area contributed by atoms with Crippen LogP contribution in [0.2, 0.25) is 0 Å². The van der Waals surface area contributed by atoms with Gasteiger partial charge in [-0.25, -0.2) is 19.1 Å². The lowest BCUT2D eigenvalue weighted by atomic mass is 9.85. The standard InChI is InChI=1S/C17H17F2N3O3S/c1-17(2)8-22(7-9-6-12(15(23)21-25)26-14(9)17)16(24)20-13-10(18)4-3-5-11(13)19/h3-6,25H,7-8H2,1-2H3,(H,20,24)(H,21,23). The largest absolute Gasteiger partial charge is 0.322 e. The zero-order valence-corrected chi connectivity index (χ0v) is 14.9. The Morgan fingerprint density at radius 1 is 1.27 bits per heavy atom. The number of carbonyl (C=O) groups is 2. The molecule has 0 atom stereocenters. The Kier molecular flexibility index (Phi) is 4.68. The van der Waals surface area contributed by atoms with Crippen LogP contribution >= 0.6 is 11.3 Å². The first-order chi connectivity index (χ1) is 12.2. The smallest absolute Gasteiger partial charge is 0.319 e. The van der Waals surface area contributed by atoms with Gasteiger partial charge in [0.2, 0.25) is 0 Å². The fourth-order valence-corrected chi connectivity index (χ4v) is 4.20. The Morgan fingerprint density at radius 3 is 2.54 bits per heavy atom. The molecule has 1 aromatic heterocycles. The minimum Gasteiger partial charge on any atom is -0.319 e. The average molecular weight is 381 g/mol. The van der Waals surface area contributed by atoms with Crippen molar-refractivity contribution in [3.05, 3.63) is 51.2 Å². The molecule has 1 aliphatic rings. The van der Waals surface area contributed by atoms with E-state index in [1.54, 1.807) is 11.5 Å². The summed E-state index contributed by atoms with van der Waals surface area (Å²) in [4.78, 5) is 26.9. The minimum atomic E-state index is -0.854. The van der Waals surface area contributed by atoms with Crippen molar-refractivity contribution >= 4 is 29.0 Å². The van der Waals surface area contributed by atoms with Crippen LogP contribution in [0, 0.1) is 11.6 Å². The SMILES string of the molecule is CC1(C)CN(C(=O)Nc2c(F)cccc2F)Cc2cc(C(=O)NO)sc21. The highest BCUT2D eigenvalue weighted by Crippen LogP contribution is 2.39. The molecule has 0 saturated heterocycles. The number of halogens is 2. The van der Waals surface area contributed by atoms with E-state index in [0.717, 1.165) is 22.6 Å². The van der Waals surface area contributed by atoms with Gasteiger partial charge >= 0.3 is 6.03 Å². The molecule has 26 heavy (non-hydrogen) atoms. The molecule has 0 unspecified atom stereocenters. The highest BCUT2D eigenvalue weighted by atomic mass is 32.1. The normalized spacial score (nSPS) is 15.3. The number of benzene rings is 1. The summed E-state index contributed by atoms with van der Waals surface area (Å²) in [6, 6.07) is 4.32. The summed E-state index contributed by atoms with van der Waals surface area (Å²) >= 11 is 1.25. The van der Waals surface area contributed by atoms with Crippen molar-refractivity contribution in [2.45, 2.75) is 25.8 Å². The molecule has 6 nitrogen and oxygen atoms in total. The van der Waals surface area contributed by atoms with Crippen LogP contribution in [-0.2, 0) is 12.0 Å². The van der Waals surface area contributed by atoms with Gasteiger partial charge in [0, 0.05) is 23.4 Å². The number of hydroxylamine groups is 1. The number of rotatable bonds is 2. The Bertz CT molecular complexity index is 862. The third kappa shape index (κ3) is 3.27. The van der Waals surface area contributed by atoms with Crippen LogP contribution in [0.3, 0.4) is 0 Å². The zero-order chi connectivity index (χ0) is 19.1. The number of anilines is 1. The van der Waals surface area contributed by atoms with Crippen LogP contribution in [0.5, 0.6) is 0 Å². The number of carbonyl (C=O) groups excluding carboxylic acids is 2. The van der Waals surface area contributed by atoms with Gasteiger partial charge in [-0.1, -0.05) is 19.9 Å². The second-order valence-corrected chi connectivity index (χ2v) is 7.72. The summed E-state index contributed by atoms with van der Waals surface area (Å²) in [5, 5.41) is 11.1. The number of hydrogen-bond acceptors (Lipinski definition) is 4. The number of hydrogen-bond donors (Lipinski definition) is 3. The maximum atomic E-state index is 13.8. The lowest BCUT2D eigenvalue weighted by Gasteiger charge is -2.37. The van der Waals surface area contributed by atoms with Gasteiger partial charge in [-0.05, 0) is 23.8 Å². The van der Waals surface area contributed by atoms with Crippen molar-refractivity contribution in [3.8, 4) is 0 Å². The van der Waals surface area contributed by atoms with E-state index in [9.17, 15) is 18.4 Å². The van der Waals surface area contributed by atoms with Gasteiger partial charge in [0.05, 0.1) is 4.88 Å². The maximum Gasteiger partial charge on any atom is 0.322 e. The van der Waals surface area contributed by atoms with Crippen molar-refractivity contribution in [1.29, 1.82) is 0 Å². The molecule has 0 bridgehead atoms. The average Bonchev–Trinajstić information content (AvgIpc) is 3.02. The molecule has 1 aromatic carbocycles. The van der Waals surface area contributed by atoms with E-state index < -0.39 is 34.7 Å². The number of nitrogens with zero attached hydrogens (tertiary/aromatic N) is 1. The molecule has 1 aliphatic heterocycles. The number of para-hydroxylation sites is 1. The molecule has 0 saturated carbocycles. The van der Waals surface area contributed by atoms with Crippen molar-refractivity contribution in [3.63, 3.8) is 0 Å². The van der Waals surface area contributed by atoms with E-state index in [1.807, 2.05) is 13.8 Å². The molecule has 3 amide bonds. The minimum absolute atomic E-state index is 0.190. The molecule has 0 aliphatic carbocycles. The molecule has 2 heterocycles. The molecule has 3 N–H and O–H groups in total. The quantitative estimate of drug-likeness (QED) is 0.550. The molecule has 0 radical (unpaired) electrons. The maximum absolute atomic E-state index is 13.8. The van der Waals surface area contributed by atoms with Crippen molar-refractivity contribution in [2.24, 2.45) is 0 Å². The van der Waals surface area contributed by atoms with Gasteiger partial charge in [0.15, 0.2) is 0 Å². The van der Waals surface area contributed by atoms with E-state index in [4.69, 9.17) is 5.21 Å². The van der Waals surface area contributed by atoms with Crippen LogP contribution in [0.1, 0.15) is 34.0 Å². The number of amides is 3. The molecule has 3 rings (SSSR count). The topological polar surface area (TPSA) is 81.7 Å². The van der Waals surface area contributed by atoms with Gasteiger partial charge in [0.25, 0.3) is 5.91 Å². The summed E-state index contributed by atoms with van der Waals surface area (Å²) < 4.78 is 27.5. The van der Waals surface area contributed by atoms with Crippen LogP contribution in [0.15, 0.2) is 24.3 Å². The second kappa shape index (κ2) is 6.65. The van der Waals surface area contributed by atoms with Gasteiger partial charge in [-0.15, -0.1) is 11.3 Å². The molecule has 2 aromatic rings.